The average molecular weight is 178 g/mol. The average Bonchev–Trinajstić information content (AvgIpc) is 2.34. The first-order valence-corrected chi connectivity index (χ1v) is 4.32. The van der Waals surface area contributed by atoms with Crippen LogP contribution in [0.3, 0.4) is 0 Å². The quantitative estimate of drug-likeness (QED) is 0.601. The van der Waals surface area contributed by atoms with Gasteiger partial charge in [0.1, 0.15) is 5.44 Å². The number of hydrogen-bond acceptors (Lipinski definition) is 5. The van der Waals surface area contributed by atoms with E-state index >= 15 is 0 Å². The molecular formula is C6H10O4S. The zero-order chi connectivity index (χ0) is 8.27. The summed E-state index contributed by atoms with van der Waals surface area (Å²) in [5, 5.41) is 8.63. The van der Waals surface area contributed by atoms with Crippen molar-refractivity contribution in [2.24, 2.45) is 0 Å². The summed E-state index contributed by atoms with van der Waals surface area (Å²) in [7, 11) is 0. The van der Waals surface area contributed by atoms with Gasteiger partial charge in [0.15, 0.2) is 0 Å². The lowest BCUT2D eigenvalue weighted by molar-refractivity contribution is -0.171. The Morgan fingerprint density at radius 3 is 3.09 bits per heavy atom. The van der Waals surface area contributed by atoms with Crippen LogP contribution in [-0.4, -0.2) is 35.2 Å². The molecule has 1 saturated heterocycles. The lowest BCUT2D eigenvalue weighted by Gasteiger charge is -2.09. The zero-order valence-corrected chi connectivity index (χ0v) is 6.97. The van der Waals surface area contributed by atoms with Gasteiger partial charge in [-0.3, -0.25) is 4.79 Å². The highest BCUT2D eigenvalue weighted by Gasteiger charge is 2.26. The van der Waals surface area contributed by atoms with E-state index in [2.05, 4.69) is 0 Å². The monoisotopic (exact) mass is 178 g/mol. The number of esters is 1. The molecule has 1 rings (SSSR count). The summed E-state index contributed by atoms with van der Waals surface area (Å²) in [6.07, 6.45) is -0.477. The van der Waals surface area contributed by atoms with Gasteiger partial charge in [0.2, 0.25) is 6.29 Å². The van der Waals surface area contributed by atoms with Gasteiger partial charge in [-0.25, -0.2) is 0 Å². The molecule has 2 atom stereocenters. The van der Waals surface area contributed by atoms with E-state index in [1.807, 2.05) is 0 Å². The summed E-state index contributed by atoms with van der Waals surface area (Å²) in [6.45, 7) is 1.29. The smallest absolute Gasteiger partial charge is 0.304 e. The van der Waals surface area contributed by atoms with E-state index in [9.17, 15) is 4.79 Å². The molecule has 0 bridgehead atoms. The van der Waals surface area contributed by atoms with Crippen LogP contribution in [0.15, 0.2) is 0 Å². The van der Waals surface area contributed by atoms with E-state index in [4.69, 9.17) is 14.6 Å². The maximum absolute atomic E-state index is 10.4. The number of aliphatic hydroxyl groups excluding tert-OH is 1. The molecule has 0 spiro atoms. The maximum atomic E-state index is 10.4. The van der Waals surface area contributed by atoms with Gasteiger partial charge >= 0.3 is 5.97 Å². The van der Waals surface area contributed by atoms with Crippen molar-refractivity contribution in [1.82, 2.24) is 0 Å². The lowest BCUT2D eigenvalue weighted by atomic mass is 10.7. The Bertz CT molecular complexity index is 150. The van der Waals surface area contributed by atoms with Crippen molar-refractivity contribution in [3.63, 3.8) is 0 Å². The number of aliphatic hydroxyl groups is 1. The Morgan fingerprint density at radius 2 is 2.64 bits per heavy atom. The first-order valence-electron chi connectivity index (χ1n) is 3.27. The summed E-state index contributed by atoms with van der Waals surface area (Å²) in [5.41, 5.74) is -0.237. The molecule has 0 aromatic carbocycles. The fourth-order valence-corrected chi connectivity index (χ4v) is 1.60. The van der Waals surface area contributed by atoms with Gasteiger partial charge in [-0.2, -0.15) is 0 Å². The number of carbonyl (C=O) groups is 1. The Morgan fingerprint density at radius 1 is 1.91 bits per heavy atom. The second-order valence-corrected chi connectivity index (χ2v) is 3.31. The Balaban J connectivity index is 2.24. The molecule has 5 heteroatoms. The largest absolute Gasteiger partial charge is 0.435 e. The van der Waals surface area contributed by atoms with Crippen molar-refractivity contribution in [3.05, 3.63) is 0 Å². The molecule has 1 aliphatic rings. The van der Waals surface area contributed by atoms with Gasteiger partial charge in [-0.1, -0.05) is 0 Å². The standard InChI is InChI=1S/C6H10O4S/c1-4(8)9-5-3-11-6(2-7)10-5/h5-7H,2-3H2,1H3. The summed E-state index contributed by atoms with van der Waals surface area (Å²) in [4.78, 5) is 10.4. The molecule has 0 aromatic rings. The molecule has 0 amide bonds. The van der Waals surface area contributed by atoms with E-state index in [-0.39, 0.29) is 18.0 Å². The summed E-state index contributed by atoms with van der Waals surface area (Å²) >= 11 is 1.44. The Kier molecular flexibility index (Phi) is 3.16. The van der Waals surface area contributed by atoms with Crippen LogP contribution >= 0.6 is 11.8 Å². The number of thioether (sulfide) groups is 1. The van der Waals surface area contributed by atoms with E-state index in [0.717, 1.165) is 0 Å². The second-order valence-electron chi connectivity index (χ2n) is 2.12. The van der Waals surface area contributed by atoms with Gasteiger partial charge in [-0.05, 0) is 0 Å². The highest BCUT2D eigenvalue weighted by atomic mass is 32.2. The van der Waals surface area contributed by atoms with Crippen molar-refractivity contribution in [1.29, 1.82) is 0 Å². The van der Waals surface area contributed by atoms with Crippen LogP contribution in [-0.2, 0) is 14.3 Å². The predicted molar refractivity (Wildman–Crippen MR) is 40.0 cm³/mol. The summed E-state index contributed by atoms with van der Waals surface area (Å²) in [5.74, 6) is 0.249. The molecule has 1 N–H and O–H groups in total. The number of hydrogen-bond donors (Lipinski definition) is 1. The number of rotatable bonds is 2. The third-order valence-electron chi connectivity index (χ3n) is 1.17. The Labute approximate surface area is 68.9 Å². The van der Waals surface area contributed by atoms with Crippen molar-refractivity contribution < 1.29 is 19.4 Å². The molecule has 1 heterocycles. The fourth-order valence-electron chi connectivity index (χ4n) is 0.776. The SMILES string of the molecule is CC(=O)OC1CSC(CO)O1. The predicted octanol–water partition coefficient (Wildman–Crippen LogP) is -0.0426. The molecule has 1 aliphatic heterocycles. The topological polar surface area (TPSA) is 55.8 Å². The molecule has 4 nitrogen and oxygen atoms in total. The molecule has 2 unspecified atom stereocenters. The molecule has 64 valence electrons. The number of carbonyl (C=O) groups excluding carboxylic acids is 1. The normalized spacial score (nSPS) is 30.4. The third-order valence-corrected chi connectivity index (χ3v) is 2.26. The first-order chi connectivity index (χ1) is 5.22. The van der Waals surface area contributed by atoms with Crippen LogP contribution in [0.2, 0.25) is 0 Å². The minimum Gasteiger partial charge on any atom is -0.435 e. The van der Waals surface area contributed by atoms with E-state index in [1.54, 1.807) is 0 Å². The zero-order valence-electron chi connectivity index (χ0n) is 6.15. The van der Waals surface area contributed by atoms with Crippen LogP contribution in [0.1, 0.15) is 6.92 Å². The van der Waals surface area contributed by atoms with Crippen LogP contribution < -0.4 is 0 Å². The van der Waals surface area contributed by atoms with Crippen LogP contribution in [0.5, 0.6) is 0 Å². The van der Waals surface area contributed by atoms with Crippen molar-refractivity contribution in [3.8, 4) is 0 Å². The Hall–Kier alpha value is -0.260. The molecule has 0 radical (unpaired) electrons. The van der Waals surface area contributed by atoms with Crippen LogP contribution in [0.4, 0.5) is 0 Å². The van der Waals surface area contributed by atoms with E-state index in [0.29, 0.717) is 5.75 Å². The molecule has 0 aliphatic carbocycles. The third kappa shape index (κ3) is 2.69. The van der Waals surface area contributed by atoms with Gasteiger partial charge in [0, 0.05) is 6.92 Å². The second kappa shape index (κ2) is 3.94. The highest BCUT2D eigenvalue weighted by molar-refractivity contribution is 8.00. The van der Waals surface area contributed by atoms with Gasteiger partial charge in [-0.15, -0.1) is 11.8 Å². The number of ether oxygens (including phenoxy) is 2. The molecule has 11 heavy (non-hydrogen) atoms. The van der Waals surface area contributed by atoms with E-state index in [1.165, 1.54) is 18.7 Å². The van der Waals surface area contributed by atoms with Crippen molar-refractivity contribution in [2.75, 3.05) is 12.4 Å². The minimum atomic E-state index is -0.477. The van der Waals surface area contributed by atoms with Crippen molar-refractivity contribution in [2.45, 2.75) is 18.6 Å². The maximum Gasteiger partial charge on any atom is 0.304 e. The van der Waals surface area contributed by atoms with Gasteiger partial charge < -0.3 is 14.6 Å². The minimum absolute atomic E-state index is 0.0393. The molecule has 0 saturated carbocycles. The lowest BCUT2D eigenvalue weighted by Crippen LogP contribution is -2.20. The van der Waals surface area contributed by atoms with Crippen molar-refractivity contribution >= 4 is 17.7 Å². The molecule has 0 aromatic heterocycles. The van der Waals surface area contributed by atoms with Crippen LogP contribution in [0, 0.1) is 0 Å². The van der Waals surface area contributed by atoms with Crippen LogP contribution in [0.25, 0.3) is 0 Å². The molecule has 1 fully saturated rings. The van der Waals surface area contributed by atoms with Gasteiger partial charge in [0.25, 0.3) is 0 Å². The van der Waals surface area contributed by atoms with E-state index < -0.39 is 6.29 Å². The summed E-state index contributed by atoms with van der Waals surface area (Å²) in [6, 6.07) is 0. The fraction of sp³-hybridized carbons (Fsp3) is 0.833. The summed E-state index contributed by atoms with van der Waals surface area (Å²) < 4.78 is 9.84. The highest BCUT2D eigenvalue weighted by Crippen LogP contribution is 2.25. The van der Waals surface area contributed by atoms with Gasteiger partial charge in [0.05, 0.1) is 12.4 Å². The molecular weight excluding hydrogens is 168 g/mol. The first kappa shape index (κ1) is 8.83.